The number of imidazole rings is 1. The number of aliphatic carboxylic acids is 1. The van der Waals surface area contributed by atoms with Gasteiger partial charge in [0.1, 0.15) is 18.2 Å². The predicted octanol–water partition coefficient (Wildman–Crippen LogP) is 3.74. The van der Waals surface area contributed by atoms with Gasteiger partial charge < -0.3 is 20.1 Å². The number of quaternary nitrogens is 1. The van der Waals surface area contributed by atoms with E-state index in [0.717, 1.165) is 4.90 Å². The molecule has 2 N–H and O–H groups in total. The van der Waals surface area contributed by atoms with E-state index in [2.05, 4.69) is 10.3 Å². The number of carbonyl (C=O) groups is 2. The number of halogens is 11. The second-order valence-electron chi connectivity index (χ2n) is 9.15. The van der Waals surface area contributed by atoms with Crippen LogP contribution in [0.25, 0.3) is 5.52 Å². The first-order valence-corrected chi connectivity index (χ1v) is 11.7. The highest BCUT2D eigenvalue weighted by molar-refractivity contribution is 6.02. The number of nitrogens with one attached hydrogen (secondary N) is 2. The molecular formula is C24H19F11N4O3. The molecule has 2 aromatic heterocycles. The van der Waals surface area contributed by atoms with Crippen LogP contribution in [-0.2, 0) is 23.7 Å². The quantitative estimate of drug-likeness (QED) is 0.436. The second-order valence-corrected chi connectivity index (χ2v) is 9.15. The van der Waals surface area contributed by atoms with Crippen LogP contribution < -0.4 is 15.3 Å². The van der Waals surface area contributed by atoms with Gasteiger partial charge in [0.05, 0.1) is 42.6 Å². The van der Waals surface area contributed by atoms with Gasteiger partial charge in [-0.1, -0.05) is 6.07 Å². The lowest BCUT2D eigenvalue weighted by Gasteiger charge is -2.28. The summed E-state index contributed by atoms with van der Waals surface area (Å²) < 4.78 is 139. The molecule has 0 aliphatic carbocycles. The summed E-state index contributed by atoms with van der Waals surface area (Å²) in [4.78, 5) is 26.7. The lowest BCUT2D eigenvalue weighted by atomic mass is 10.1. The summed E-state index contributed by atoms with van der Waals surface area (Å²) >= 11 is 0. The summed E-state index contributed by atoms with van der Waals surface area (Å²) in [6, 6.07) is 5.62. The van der Waals surface area contributed by atoms with Crippen LogP contribution in [0.1, 0.15) is 40.3 Å². The number of alkyl halides is 11. The highest BCUT2D eigenvalue weighted by atomic mass is 19.4. The molecule has 1 saturated heterocycles. The van der Waals surface area contributed by atoms with E-state index in [4.69, 9.17) is 9.90 Å². The first-order chi connectivity index (χ1) is 19.2. The Labute approximate surface area is 228 Å². The minimum absolute atomic E-state index is 0.0381. The van der Waals surface area contributed by atoms with Crippen LogP contribution in [0.2, 0.25) is 0 Å². The van der Waals surface area contributed by atoms with Gasteiger partial charge in [-0.15, -0.1) is 0 Å². The maximum atomic E-state index is 13.5. The number of carboxylic acid groups (broad SMARTS) is 1. The van der Waals surface area contributed by atoms with Crippen molar-refractivity contribution in [1.82, 2.24) is 9.38 Å². The second kappa shape index (κ2) is 11.7. The van der Waals surface area contributed by atoms with E-state index in [1.165, 1.54) is 10.6 Å². The van der Waals surface area contributed by atoms with Crippen LogP contribution in [0.4, 0.5) is 54.0 Å². The van der Waals surface area contributed by atoms with Gasteiger partial charge >= 0.3 is 18.5 Å². The highest BCUT2D eigenvalue weighted by Crippen LogP contribution is 2.37. The number of amides is 1. The van der Waals surface area contributed by atoms with Crippen LogP contribution >= 0.6 is 0 Å². The minimum atomic E-state index is -5.19. The van der Waals surface area contributed by atoms with Crippen molar-refractivity contribution >= 4 is 23.1 Å². The number of carbonyl (C=O) groups excluding carboxylic acids is 2. The molecule has 0 unspecified atom stereocenters. The van der Waals surface area contributed by atoms with Crippen molar-refractivity contribution in [3.05, 3.63) is 65.2 Å². The first kappa shape index (κ1) is 32.6. The van der Waals surface area contributed by atoms with Crippen molar-refractivity contribution in [3.8, 4) is 0 Å². The number of benzene rings is 1. The number of aromatic nitrogens is 2. The van der Waals surface area contributed by atoms with E-state index in [9.17, 15) is 53.1 Å². The Balaban J connectivity index is 0.000000616. The van der Waals surface area contributed by atoms with E-state index in [-0.39, 0.29) is 44.4 Å². The van der Waals surface area contributed by atoms with Crippen molar-refractivity contribution in [2.45, 2.75) is 43.8 Å². The number of hydrogen-bond acceptors (Lipinski definition) is 4. The van der Waals surface area contributed by atoms with Crippen LogP contribution in [0.3, 0.4) is 0 Å². The standard InChI is InChI=1S/C22H18F8N4O.C2HF3O2/c23-20(24)4-7-33(8-5-20)12-16-17-3-1-2-6-34(17)18(32-16)19(35)31-15-10-13(21(25,26)27)9-14(11-15)22(28,29)30;3-2(4,5)1(6)7/h1-3,6,9-11H,4-5,7-8,12H2,(H,31,35);(H,6,7). The fourth-order valence-electron chi connectivity index (χ4n) is 3.99. The van der Waals surface area contributed by atoms with E-state index in [1.807, 2.05) is 0 Å². The number of carboxylic acids is 1. The molecule has 1 aliphatic rings. The molecule has 0 atom stereocenters. The number of nitrogens with zero attached hydrogens (tertiary/aromatic N) is 2. The number of rotatable bonds is 4. The summed E-state index contributed by atoms with van der Waals surface area (Å²) in [5, 5.41) is 10.9. The molecule has 42 heavy (non-hydrogen) atoms. The highest BCUT2D eigenvalue weighted by Gasteiger charge is 2.38. The molecule has 1 fully saturated rings. The van der Waals surface area contributed by atoms with Crippen LogP contribution in [0, 0.1) is 0 Å². The Hall–Kier alpha value is -3.96. The first-order valence-electron chi connectivity index (χ1n) is 11.7. The van der Waals surface area contributed by atoms with Crippen LogP contribution in [-0.4, -0.2) is 46.4 Å². The molecule has 0 bridgehead atoms. The van der Waals surface area contributed by atoms with Crippen molar-refractivity contribution in [2.75, 3.05) is 18.4 Å². The predicted molar refractivity (Wildman–Crippen MR) is 119 cm³/mol. The molecule has 4 rings (SSSR count). The van der Waals surface area contributed by atoms with Crippen molar-refractivity contribution in [1.29, 1.82) is 0 Å². The van der Waals surface area contributed by atoms with E-state index in [1.54, 1.807) is 18.2 Å². The summed E-state index contributed by atoms with van der Waals surface area (Å²) in [6.45, 7) is 0.592. The molecule has 0 radical (unpaired) electrons. The summed E-state index contributed by atoms with van der Waals surface area (Å²) in [5.41, 5.74) is -2.96. The molecule has 3 heterocycles. The van der Waals surface area contributed by atoms with Gasteiger partial charge in [0.15, 0.2) is 0 Å². The lowest BCUT2D eigenvalue weighted by Crippen LogP contribution is -3.12. The third-order valence-electron chi connectivity index (χ3n) is 6.01. The minimum Gasteiger partial charge on any atom is -0.542 e. The average molecular weight is 620 g/mol. The number of likely N-dealkylation sites (tertiary alicyclic amines) is 1. The van der Waals surface area contributed by atoms with Crippen molar-refractivity contribution < 1.29 is 67.9 Å². The fourth-order valence-corrected chi connectivity index (χ4v) is 3.99. The van der Waals surface area contributed by atoms with Crippen LogP contribution in [0.15, 0.2) is 42.6 Å². The van der Waals surface area contributed by atoms with Crippen molar-refractivity contribution in [3.63, 3.8) is 0 Å². The lowest BCUT2D eigenvalue weighted by molar-refractivity contribution is -0.921. The largest absolute Gasteiger partial charge is 0.542 e. The Morgan fingerprint density at radius 3 is 1.93 bits per heavy atom. The maximum absolute atomic E-state index is 13.5. The van der Waals surface area contributed by atoms with Gasteiger partial charge in [0.2, 0.25) is 5.82 Å². The maximum Gasteiger partial charge on any atom is 0.430 e. The molecule has 1 aliphatic heterocycles. The topological polar surface area (TPSA) is 91.0 Å². The molecule has 7 nitrogen and oxygen atoms in total. The Kier molecular flexibility index (Phi) is 9.09. The SMILES string of the molecule is O=C(Nc1cc(C(F)(F)F)cc(C(F)(F)F)c1)c1nc(C[NH+]2CCC(F)(F)CC2)c2ccccn12.O=C([O-])C(F)(F)F. The molecule has 0 spiro atoms. The van der Waals surface area contributed by atoms with Gasteiger partial charge in [-0.3, -0.25) is 9.20 Å². The Morgan fingerprint density at radius 2 is 1.45 bits per heavy atom. The zero-order chi connectivity index (χ0) is 31.7. The van der Waals surface area contributed by atoms with E-state index < -0.39 is 53.1 Å². The summed E-state index contributed by atoms with van der Waals surface area (Å²) in [5.74, 6) is -7.02. The fraction of sp³-hybridized carbons (Fsp3) is 0.375. The number of anilines is 1. The average Bonchev–Trinajstić information content (AvgIpc) is 3.22. The third kappa shape index (κ3) is 8.29. The van der Waals surface area contributed by atoms with E-state index in [0.29, 0.717) is 23.3 Å². The molecule has 3 aromatic rings. The Bertz CT molecular complexity index is 1400. The summed E-state index contributed by atoms with van der Waals surface area (Å²) in [7, 11) is 0. The van der Waals surface area contributed by atoms with E-state index >= 15 is 0 Å². The number of fused-ring (bicyclic) bond motifs is 1. The molecule has 0 saturated carbocycles. The molecular weight excluding hydrogens is 601 g/mol. The number of piperidine rings is 1. The smallest absolute Gasteiger partial charge is 0.430 e. The molecule has 1 amide bonds. The van der Waals surface area contributed by atoms with Gasteiger partial charge in [0, 0.05) is 11.9 Å². The van der Waals surface area contributed by atoms with Crippen LogP contribution in [0.5, 0.6) is 0 Å². The van der Waals surface area contributed by atoms with Gasteiger partial charge in [-0.05, 0) is 30.3 Å². The molecule has 18 heteroatoms. The molecule has 1 aromatic carbocycles. The van der Waals surface area contributed by atoms with Gasteiger partial charge in [0.25, 0.3) is 11.8 Å². The van der Waals surface area contributed by atoms with Gasteiger partial charge in [-0.25, -0.2) is 13.8 Å². The third-order valence-corrected chi connectivity index (χ3v) is 6.01. The normalized spacial score (nSPS) is 16.1. The van der Waals surface area contributed by atoms with Crippen molar-refractivity contribution in [2.24, 2.45) is 0 Å². The molecule has 230 valence electrons. The zero-order valence-electron chi connectivity index (χ0n) is 20.9. The number of hydrogen-bond donors (Lipinski definition) is 2. The number of pyridine rings is 1. The monoisotopic (exact) mass is 620 g/mol. The van der Waals surface area contributed by atoms with Gasteiger partial charge in [-0.2, -0.15) is 39.5 Å². The zero-order valence-corrected chi connectivity index (χ0v) is 20.9. The summed E-state index contributed by atoms with van der Waals surface area (Å²) in [6.07, 6.45) is -14.4. The Morgan fingerprint density at radius 1 is 0.929 bits per heavy atom.